The Morgan fingerprint density at radius 1 is 1.71 bits per heavy atom. The molecule has 0 aliphatic rings. The van der Waals surface area contributed by atoms with Gasteiger partial charge in [-0.1, -0.05) is 0 Å². The molecule has 38 valence electrons. The van der Waals surface area contributed by atoms with Crippen molar-refractivity contribution in [1.29, 1.82) is 0 Å². The van der Waals surface area contributed by atoms with Gasteiger partial charge >= 0.3 is 59.3 Å². The van der Waals surface area contributed by atoms with Crippen molar-refractivity contribution in [1.82, 2.24) is 0 Å². The number of hydrogen-bond donors (Lipinski definition) is 1. The molecule has 1 N–H and O–H groups in total. The topological polar surface area (TPSA) is 63.6 Å². The quantitative estimate of drug-likeness (QED) is 0.386. The van der Waals surface area contributed by atoms with Crippen molar-refractivity contribution in [3.63, 3.8) is 0 Å². The summed E-state index contributed by atoms with van der Waals surface area (Å²) in [5.41, 5.74) is 0. The van der Waals surface area contributed by atoms with Gasteiger partial charge in [0.15, 0.2) is 0 Å². The van der Waals surface area contributed by atoms with Gasteiger partial charge in [-0.2, -0.15) is 0 Å². The van der Waals surface area contributed by atoms with Crippen molar-refractivity contribution in [3.8, 4) is 0 Å². The molecule has 0 spiro atoms. The average Bonchev–Trinajstić information content (AvgIpc) is 1.30. The van der Waals surface area contributed by atoms with Crippen LogP contribution in [0.3, 0.4) is 0 Å². The van der Waals surface area contributed by atoms with Crippen LogP contribution in [0, 0.1) is 0 Å². The van der Waals surface area contributed by atoms with E-state index in [0.717, 1.165) is 0 Å². The Balaban J connectivity index is 3.60. The van der Waals surface area contributed by atoms with E-state index in [-0.39, 0.29) is 3.86 Å². The molecule has 0 bridgehead atoms. The Bertz CT molecular complexity index is 125. The molecule has 0 fully saturated rings. The second-order valence-electron chi connectivity index (χ2n) is 0.834. The fourth-order valence-corrected chi connectivity index (χ4v) is 1.34. The molecule has 0 aliphatic heterocycles. The van der Waals surface area contributed by atoms with E-state index in [1.54, 1.807) is 0 Å². The van der Waals surface area contributed by atoms with E-state index in [1.165, 1.54) is 0 Å². The first-order chi connectivity index (χ1) is 3.06. The third-order valence-corrected chi connectivity index (χ3v) is 1.51. The van der Waals surface area contributed by atoms with E-state index in [0.29, 0.717) is 27.9 Å². The van der Waals surface area contributed by atoms with E-state index in [1.807, 2.05) is 0 Å². The summed E-state index contributed by atoms with van der Waals surface area (Å²) < 4.78 is 30.9. The van der Waals surface area contributed by atoms with Gasteiger partial charge in [0.2, 0.25) is 0 Å². The van der Waals surface area contributed by atoms with Gasteiger partial charge in [-0.15, -0.1) is 0 Å². The fourth-order valence-electron chi connectivity index (χ4n) is 0.149. The molecule has 0 heterocycles. The molecular weight excluding hydrogens is 131 g/mol. The van der Waals surface area contributed by atoms with Crippen LogP contribution in [0.1, 0.15) is 0 Å². The van der Waals surface area contributed by atoms with Crippen LogP contribution in [-0.2, 0) is 14.6 Å². The van der Waals surface area contributed by atoms with Crippen molar-refractivity contribution in [2.45, 2.75) is 0 Å². The Labute approximate surface area is 59.2 Å². The van der Waals surface area contributed by atoms with Gasteiger partial charge in [-0.05, 0) is 0 Å². The molecule has 6 heteroatoms. The predicted molar refractivity (Wildman–Crippen MR) is 23.3 cm³/mol. The summed E-state index contributed by atoms with van der Waals surface area (Å²) in [5, 5.41) is 0. The van der Waals surface area contributed by atoms with E-state index < -0.39 is 10.4 Å². The first-order valence-electron chi connectivity index (χ1n) is 1.68. The molecule has 0 aromatic rings. The predicted octanol–water partition coefficient (Wildman–Crippen LogP) is -1.07. The van der Waals surface area contributed by atoms with Crippen molar-refractivity contribution >= 4 is 38.3 Å². The zero-order valence-electron chi connectivity index (χ0n) is 3.79. The minimum absolute atomic E-state index is 0.110. The molecule has 4 nitrogen and oxygen atoms in total. The summed E-state index contributed by atoms with van der Waals surface area (Å²) in [7, 11) is -4.14. The van der Waals surface area contributed by atoms with E-state index in [2.05, 4.69) is 4.18 Å². The van der Waals surface area contributed by atoms with E-state index in [9.17, 15) is 8.42 Å². The second-order valence-corrected chi connectivity index (χ2v) is 2.50. The molecule has 0 amide bonds. The van der Waals surface area contributed by atoms with Crippen LogP contribution in [-0.4, -0.2) is 44.8 Å². The van der Waals surface area contributed by atoms with Crippen molar-refractivity contribution in [3.05, 3.63) is 0 Å². The summed E-state index contributed by atoms with van der Waals surface area (Å²) in [6.45, 7) is 0. The molecule has 0 aromatic carbocycles. The molecule has 7 heavy (non-hydrogen) atoms. The van der Waals surface area contributed by atoms with E-state index in [4.69, 9.17) is 4.55 Å². The summed E-state index contributed by atoms with van der Waals surface area (Å²) in [4.78, 5) is 0. The molecule has 0 aromatic heterocycles. The van der Waals surface area contributed by atoms with Crippen LogP contribution in [0.2, 0.25) is 0 Å². The van der Waals surface area contributed by atoms with Crippen LogP contribution in [0.4, 0.5) is 0 Å². The van der Waals surface area contributed by atoms with Gasteiger partial charge in [-0.3, -0.25) is 0 Å². The molecule has 0 rings (SSSR count). The van der Waals surface area contributed by atoms with E-state index >= 15 is 0 Å². The first kappa shape index (κ1) is 7.87. The molecule has 0 radical (unpaired) electrons. The first-order valence-corrected chi connectivity index (χ1v) is 4.46. The Morgan fingerprint density at radius 3 is 2.14 bits per heavy atom. The third-order valence-electron chi connectivity index (χ3n) is 0.267. The SMILES string of the molecule is O=S(=O)(O)O[CH2][Na]. The Hall–Kier alpha value is 0.870. The van der Waals surface area contributed by atoms with Gasteiger partial charge in [-0.25, -0.2) is 0 Å². The molecule has 0 saturated heterocycles. The monoisotopic (exact) mass is 134 g/mol. The number of hydrogen-bond acceptors (Lipinski definition) is 3. The van der Waals surface area contributed by atoms with Gasteiger partial charge in [0.05, 0.1) is 0 Å². The van der Waals surface area contributed by atoms with Crippen LogP contribution >= 0.6 is 0 Å². The Kier molecular flexibility index (Phi) is 3.38. The molecular formula is CH3NaO4S. The second kappa shape index (κ2) is 3.01. The molecule has 0 aliphatic carbocycles. The number of rotatable bonds is 2. The fraction of sp³-hybridized carbons (Fsp3) is 1.00. The maximum atomic E-state index is 9.59. The average molecular weight is 134 g/mol. The molecule has 0 atom stereocenters. The standard InChI is InChI=1S/CH3O4S.Na/c1-5-6(2,3)4;/h1H2,(H,2,3,4);. The van der Waals surface area contributed by atoms with Crippen molar-refractivity contribution in [2.24, 2.45) is 0 Å². The van der Waals surface area contributed by atoms with Gasteiger partial charge in [0.1, 0.15) is 0 Å². The normalized spacial score (nSPS) is 11.9. The van der Waals surface area contributed by atoms with Crippen LogP contribution < -0.4 is 0 Å². The summed E-state index contributed by atoms with van der Waals surface area (Å²) >= 11 is 0.608. The van der Waals surface area contributed by atoms with Crippen molar-refractivity contribution in [2.75, 3.05) is 3.86 Å². The Morgan fingerprint density at radius 2 is 2.14 bits per heavy atom. The maximum absolute atomic E-state index is 9.59. The molecule has 0 saturated carbocycles. The summed E-state index contributed by atoms with van der Waals surface area (Å²) in [5.74, 6) is 0. The summed E-state index contributed by atoms with van der Waals surface area (Å²) in [6, 6.07) is 0. The van der Waals surface area contributed by atoms with Crippen LogP contribution in [0.25, 0.3) is 0 Å². The van der Waals surface area contributed by atoms with Crippen LogP contribution in [0.5, 0.6) is 0 Å². The minimum atomic E-state index is -4.14. The van der Waals surface area contributed by atoms with Gasteiger partial charge in [0, 0.05) is 0 Å². The zero-order chi connectivity index (χ0) is 5.91. The van der Waals surface area contributed by atoms with Gasteiger partial charge < -0.3 is 0 Å². The zero-order valence-corrected chi connectivity index (χ0v) is 6.60. The van der Waals surface area contributed by atoms with Crippen molar-refractivity contribution < 1.29 is 17.2 Å². The third kappa shape index (κ3) is 6.87. The van der Waals surface area contributed by atoms with Crippen LogP contribution in [0.15, 0.2) is 0 Å². The van der Waals surface area contributed by atoms with Gasteiger partial charge in [0.25, 0.3) is 0 Å². The molecule has 0 unspecified atom stereocenters. The summed E-state index contributed by atoms with van der Waals surface area (Å²) in [6.07, 6.45) is 0.